The number of hydrogen-bond acceptors (Lipinski definition) is 4. The second kappa shape index (κ2) is 7.02. The quantitative estimate of drug-likeness (QED) is 0.770. The highest BCUT2D eigenvalue weighted by atomic mass is 79.9. The number of hydrogen-bond donors (Lipinski definition) is 0. The third-order valence-corrected chi connectivity index (χ3v) is 3.60. The second-order valence-corrected chi connectivity index (χ2v) is 6.34. The lowest BCUT2D eigenvalue weighted by molar-refractivity contribution is -0.145. The van der Waals surface area contributed by atoms with Gasteiger partial charge in [0.05, 0.1) is 17.3 Å². The maximum Gasteiger partial charge on any atom is 0.348 e. The molecule has 0 spiro atoms. The Kier molecular flexibility index (Phi) is 5.92. The number of aromatic nitrogens is 2. The van der Waals surface area contributed by atoms with Gasteiger partial charge in [0.25, 0.3) is 0 Å². The largest absolute Gasteiger partial charge is 0.467 e. The molecule has 0 N–H and O–H groups in total. The first-order chi connectivity index (χ1) is 9.27. The minimum atomic E-state index is -0.641. The molecular weight excluding hydrogens is 324 g/mol. The van der Waals surface area contributed by atoms with E-state index >= 15 is 0 Å². The third kappa shape index (κ3) is 3.91. The van der Waals surface area contributed by atoms with Crippen molar-refractivity contribution in [3.8, 4) is 0 Å². The Morgan fingerprint density at radius 2 is 2.00 bits per heavy atom. The van der Waals surface area contributed by atoms with Gasteiger partial charge in [-0.25, -0.2) is 9.59 Å². The second-order valence-electron chi connectivity index (χ2n) is 5.49. The average Bonchev–Trinajstić information content (AvgIpc) is 2.37. The van der Waals surface area contributed by atoms with Crippen LogP contribution in [-0.2, 0) is 9.53 Å². The van der Waals surface area contributed by atoms with Crippen LogP contribution < -0.4 is 5.69 Å². The molecule has 5 nitrogen and oxygen atoms in total. The summed E-state index contributed by atoms with van der Waals surface area (Å²) in [5.74, 6) is -0.0326. The van der Waals surface area contributed by atoms with Gasteiger partial charge in [-0.05, 0) is 34.2 Å². The molecule has 1 heterocycles. The molecule has 0 saturated carbocycles. The van der Waals surface area contributed by atoms with Gasteiger partial charge >= 0.3 is 11.7 Å². The lowest BCUT2D eigenvalue weighted by Crippen LogP contribution is -2.33. The molecule has 0 unspecified atom stereocenters. The van der Waals surface area contributed by atoms with Crippen molar-refractivity contribution in [2.45, 2.75) is 46.1 Å². The van der Waals surface area contributed by atoms with Crippen LogP contribution in [0.3, 0.4) is 0 Å². The summed E-state index contributed by atoms with van der Waals surface area (Å²) in [4.78, 5) is 28.1. The van der Waals surface area contributed by atoms with Crippen molar-refractivity contribution in [1.82, 2.24) is 9.55 Å². The molecule has 0 saturated heterocycles. The van der Waals surface area contributed by atoms with E-state index < -0.39 is 17.7 Å². The van der Waals surface area contributed by atoms with E-state index in [4.69, 9.17) is 4.74 Å². The summed E-state index contributed by atoms with van der Waals surface area (Å²) >= 11 is 3.41. The van der Waals surface area contributed by atoms with Gasteiger partial charge in [0.15, 0.2) is 0 Å². The van der Waals surface area contributed by atoms with Crippen molar-refractivity contribution in [3.05, 3.63) is 26.8 Å². The number of carbonyl (C=O) groups is 1. The lowest BCUT2D eigenvalue weighted by atomic mass is 10.0. The van der Waals surface area contributed by atoms with Gasteiger partial charge in [0.2, 0.25) is 0 Å². The molecule has 0 aliphatic heterocycles. The predicted molar refractivity (Wildman–Crippen MR) is 80.8 cm³/mol. The Hall–Kier alpha value is -1.17. The first-order valence-electron chi connectivity index (χ1n) is 6.64. The smallest absolute Gasteiger partial charge is 0.348 e. The summed E-state index contributed by atoms with van der Waals surface area (Å²) in [5, 5.41) is 0. The zero-order valence-electron chi connectivity index (χ0n) is 12.5. The van der Waals surface area contributed by atoms with Crippen molar-refractivity contribution >= 4 is 21.9 Å². The first kappa shape index (κ1) is 16.9. The Labute approximate surface area is 127 Å². The fraction of sp³-hybridized carbons (Fsp3) is 0.643. The molecule has 112 valence electrons. The molecule has 0 aliphatic rings. The van der Waals surface area contributed by atoms with Crippen LogP contribution in [0.2, 0.25) is 0 Å². The Bertz CT molecular complexity index is 538. The molecule has 20 heavy (non-hydrogen) atoms. The topological polar surface area (TPSA) is 61.2 Å². The monoisotopic (exact) mass is 344 g/mol. The summed E-state index contributed by atoms with van der Waals surface area (Å²) in [6.45, 7) is 7.91. The highest BCUT2D eigenvalue weighted by Crippen LogP contribution is 2.23. The molecular formula is C14H21BrN2O3. The molecule has 0 aliphatic carbocycles. The predicted octanol–water partition coefficient (Wildman–Crippen LogP) is 2.89. The Balaban J connectivity index is 3.31. The van der Waals surface area contributed by atoms with E-state index in [1.54, 1.807) is 6.20 Å². The number of carbonyl (C=O) groups excluding carboxylic acids is 1. The van der Waals surface area contributed by atoms with E-state index in [2.05, 4.69) is 20.9 Å². The van der Waals surface area contributed by atoms with E-state index in [1.165, 1.54) is 11.7 Å². The summed E-state index contributed by atoms with van der Waals surface area (Å²) in [6, 6.07) is -0.641. The Morgan fingerprint density at radius 1 is 1.40 bits per heavy atom. The van der Waals surface area contributed by atoms with Gasteiger partial charge in [-0.2, -0.15) is 4.98 Å². The zero-order chi connectivity index (χ0) is 15.4. The first-order valence-corrected chi connectivity index (χ1v) is 7.43. The van der Waals surface area contributed by atoms with Gasteiger partial charge in [-0.15, -0.1) is 0 Å². The molecule has 1 aromatic rings. The molecule has 0 fully saturated rings. The van der Waals surface area contributed by atoms with E-state index in [-0.39, 0.29) is 11.8 Å². The van der Waals surface area contributed by atoms with Gasteiger partial charge < -0.3 is 4.74 Å². The van der Waals surface area contributed by atoms with Gasteiger partial charge in [0, 0.05) is 6.20 Å². The number of nitrogens with zero attached hydrogens (tertiary/aromatic N) is 2. The SMILES string of the molecule is COC(=O)[C@H](CC(C)C)n1cc(Br)c(C(C)C)nc1=O. The summed E-state index contributed by atoms with van der Waals surface area (Å²) in [5.41, 5.74) is 0.271. The van der Waals surface area contributed by atoms with Crippen molar-refractivity contribution in [3.63, 3.8) is 0 Å². The number of rotatable bonds is 5. The molecule has 1 aromatic heterocycles. The van der Waals surface area contributed by atoms with Crippen molar-refractivity contribution in [2.24, 2.45) is 5.92 Å². The van der Waals surface area contributed by atoms with Gasteiger partial charge in [-0.3, -0.25) is 4.57 Å². The summed E-state index contributed by atoms with van der Waals surface area (Å²) in [6.07, 6.45) is 2.16. The molecule has 0 bridgehead atoms. The third-order valence-electron chi connectivity index (χ3n) is 2.98. The lowest BCUT2D eigenvalue weighted by Gasteiger charge is -2.20. The van der Waals surface area contributed by atoms with E-state index in [0.717, 1.165) is 4.47 Å². The van der Waals surface area contributed by atoms with Crippen molar-refractivity contribution in [1.29, 1.82) is 0 Å². The van der Waals surface area contributed by atoms with Crippen LogP contribution in [0, 0.1) is 5.92 Å². The normalized spacial score (nSPS) is 12.8. The number of halogens is 1. The van der Waals surface area contributed by atoms with E-state index in [9.17, 15) is 9.59 Å². The molecule has 0 radical (unpaired) electrons. The van der Waals surface area contributed by atoms with E-state index in [0.29, 0.717) is 12.1 Å². The highest BCUT2D eigenvalue weighted by molar-refractivity contribution is 9.10. The summed E-state index contributed by atoms with van der Waals surface area (Å²) < 4.78 is 6.87. The maximum absolute atomic E-state index is 12.2. The van der Waals surface area contributed by atoms with Gasteiger partial charge in [0.1, 0.15) is 6.04 Å². The highest BCUT2D eigenvalue weighted by Gasteiger charge is 2.25. The molecule has 1 rings (SSSR count). The van der Waals surface area contributed by atoms with Crippen LogP contribution in [-0.4, -0.2) is 22.6 Å². The van der Waals surface area contributed by atoms with Crippen LogP contribution in [0.5, 0.6) is 0 Å². The standard InChI is InChI=1S/C14H21BrN2O3/c1-8(2)6-11(13(18)20-5)17-7-10(15)12(9(3)4)16-14(17)19/h7-9,11H,6H2,1-5H3/t11-/m0/s1. The minimum Gasteiger partial charge on any atom is -0.467 e. The van der Waals surface area contributed by atoms with Crippen LogP contribution in [0.25, 0.3) is 0 Å². The Morgan fingerprint density at radius 3 is 2.45 bits per heavy atom. The van der Waals surface area contributed by atoms with Crippen LogP contribution in [0.15, 0.2) is 15.5 Å². The van der Waals surface area contributed by atoms with Crippen LogP contribution in [0.1, 0.15) is 51.8 Å². The summed E-state index contributed by atoms with van der Waals surface area (Å²) in [7, 11) is 1.33. The minimum absolute atomic E-state index is 0.133. The van der Waals surface area contributed by atoms with Gasteiger partial charge in [-0.1, -0.05) is 27.7 Å². The average molecular weight is 345 g/mol. The maximum atomic E-state index is 12.2. The number of ether oxygens (including phenoxy) is 1. The molecule has 0 amide bonds. The molecule has 1 atom stereocenters. The fourth-order valence-electron chi connectivity index (χ4n) is 1.99. The number of methoxy groups -OCH3 is 1. The zero-order valence-corrected chi connectivity index (χ0v) is 14.1. The fourth-order valence-corrected chi connectivity index (χ4v) is 2.76. The van der Waals surface area contributed by atoms with Crippen LogP contribution >= 0.6 is 15.9 Å². The van der Waals surface area contributed by atoms with Crippen molar-refractivity contribution in [2.75, 3.05) is 7.11 Å². The van der Waals surface area contributed by atoms with Crippen molar-refractivity contribution < 1.29 is 9.53 Å². The number of esters is 1. The van der Waals surface area contributed by atoms with Crippen LogP contribution in [0.4, 0.5) is 0 Å². The molecule has 0 aromatic carbocycles. The van der Waals surface area contributed by atoms with E-state index in [1.807, 2.05) is 27.7 Å². The molecule has 6 heteroatoms.